The summed E-state index contributed by atoms with van der Waals surface area (Å²) < 4.78 is 51.2. The molecule has 0 bridgehead atoms. The van der Waals surface area contributed by atoms with Crippen molar-refractivity contribution in [1.29, 1.82) is 0 Å². The van der Waals surface area contributed by atoms with Crippen LogP contribution in [0.2, 0.25) is 0 Å². The van der Waals surface area contributed by atoms with E-state index in [1.807, 2.05) is 0 Å². The highest BCUT2D eigenvalue weighted by Gasteiger charge is 2.46. The van der Waals surface area contributed by atoms with Gasteiger partial charge in [-0.3, -0.25) is 0 Å². The molecule has 0 aromatic heterocycles. The number of hydrogen-bond donors (Lipinski definition) is 1. The minimum atomic E-state index is -4.43. The lowest BCUT2D eigenvalue weighted by molar-refractivity contribution is -0.137. The molecule has 0 heterocycles. The van der Waals surface area contributed by atoms with Gasteiger partial charge in [-0.1, -0.05) is 0 Å². The molecular weight excluding hydrogens is 234 g/mol. The second-order valence-corrected chi connectivity index (χ2v) is 4.51. The summed E-state index contributed by atoms with van der Waals surface area (Å²) >= 11 is 0. The molecule has 1 aromatic carbocycles. The summed E-state index contributed by atoms with van der Waals surface area (Å²) in [6.07, 6.45) is -2.47. The third kappa shape index (κ3) is 2.29. The van der Waals surface area contributed by atoms with Gasteiger partial charge in [0.05, 0.1) is 5.56 Å². The number of alkyl halides is 3. The largest absolute Gasteiger partial charge is 0.416 e. The fraction of sp³-hybridized carbons (Fsp3) is 0.500. The minimum absolute atomic E-state index is 0.165. The number of halogens is 4. The minimum Gasteiger partial charge on any atom is -0.330 e. The highest BCUT2D eigenvalue weighted by atomic mass is 19.4. The molecule has 94 valence electrons. The zero-order valence-electron chi connectivity index (χ0n) is 9.15. The van der Waals surface area contributed by atoms with Gasteiger partial charge < -0.3 is 5.73 Å². The van der Waals surface area contributed by atoms with E-state index in [0.29, 0.717) is 25.8 Å². The van der Waals surface area contributed by atoms with Gasteiger partial charge >= 0.3 is 6.18 Å². The first kappa shape index (κ1) is 12.4. The fourth-order valence-electron chi connectivity index (χ4n) is 2.19. The molecule has 1 saturated carbocycles. The highest BCUT2D eigenvalue weighted by molar-refractivity contribution is 5.37. The molecule has 0 saturated heterocycles. The highest BCUT2D eigenvalue weighted by Crippen LogP contribution is 2.52. The average molecular weight is 247 g/mol. The third-order valence-corrected chi connectivity index (χ3v) is 3.34. The number of hydrogen-bond acceptors (Lipinski definition) is 1. The quantitative estimate of drug-likeness (QED) is 0.815. The van der Waals surface area contributed by atoms with Crippen LogP contribution in [0.1, 0.15) is 30.4 Å². The lowest BCUT2D eigenvalue weighted by Gasteiger charge is -2.17. The zero-order valence-corrected chi connectivity index (χ0v) is 9.15. The number of benzene rings is 1. The van der Waals surface area contributed by atoms with Crippen LogP contribution in [-0.4, -0.2) is 6.54 Å². The van der Waals surface area contributed by atoms with Crippen LogP contribution >= 0.6 is 0 Å². The van der Waals surface area contributed by atoms with E-state index in [4.69, 9.17) is 5.73 Å². The molecular formula is C12H13F4N. The molecule has 0 unspecified atom stereocenters. The van der Waals surface area contributed by atoms with Crippen LogP contribution in [0.25, 0.3) is 0 Å². The Kier molecular flexibility index (Phi) is 2.89. The van der Waals surface area contributed by atoms with Gasteiger partial charge in [0.1, 0.15) is 5.82 Å². The molecule has 1 aliphatic rings. The van der Waals surface area contributed by atoms with E-state index in [-0.39, 0.29) is 5.56 Å². The molecule has 2 N–H and O–H groups in total. The van der Waals surface area contributed by atoms with E-state index in [0.717, 1.165) is 18.2 Å². The van der Waals surface area contributed by atoms with Crippen molar-refractivity contribution in [3.8, 4) is 0 Å². The molecule has 17 heavy (non-hydrogen) atoms. The van der Waals surface area contributed by atoms with Crippen molar-refractivity contribution in [2.45, 2.75) is 30.9 Å². The molecule has 0 spiro atoms. The lowest BCUT2D eigenvalue weighted by atomic mass is 9.90. The van der Waals surface area contributed by atoms with E-state index in [1.54, 1.807) is 0 Å². The number of rotatable bonds is 3. The summed E-state index contributed by atoms with van der Waals surface area (Å²) in [5.41, 5.74) is 4.33. The Bertz CT molecular complexity index is 421. The third-order valence-electron chi connectivity index (χ3n) is 3.34. The Labute approximate surface area is 96.6 Å². The van der Waals surface area contributed by atoms with E-state index < -0.39 is 23.0 Å². The zero-order chi connectivity index (χ0) is 12.7. The van der Waals surface area contributed by atoms with Gasteiger partial charge in [0.2, 0.25) is 0 Å². The fourth-order valence-corrected chi connectivity index (χ4v) is 2.19. The van der Waals surface area contributed by atoms with Gasteiger partial charge in [0, 0.05) is 0 Å². The molecule has 0 aliphatic heterocycles. The van der Waals surface area contributed by atoms with Crippen LogP contribution in [0.15, 0.2) is 18.2 Å². The van der Waals surface area contributed by atoms with Gasteiger partial charge in [-0.15, -0.1) is 0 Å². The Morgan fingerprint density at radius 1 is 1.24 bits per heavy atom. The number of nitrogens with two attached hydrogens (primary N) is 1. The summed E-state index contributed by atoms with van der Waals surface area (Å²) in [5, 5.41) is 0. The molecule has 1 nitrogen and oxygen atoms in total. The van der Waals surface area contributed by atoms with Crippen LogP contribution in [0.5, 0.6) is 0 Å². The standard InChI is InChI=1S/C12H13F4N/c13-10-2-1-8(12(14,15)16)7-9(10)11(3-4-11)5-6-17/h1-2,7H,3-6,17H2. The predicted molar refractivity (Wildman–Crippen MR) is 56.0 cm³/mol. The molecule has 0 radical (unpaired) electrons. The van der Waals surface area contributed by atoms with Crippen LogP contribution in [-0.2, 0) is 11.6 Å². The van der Waals surface area contributed by atoms with Gasteiger partial charge in [0.15, 0.2) is 0 Å². The van der Waals surface area contributed by atoms with E-state index >= 15 is 0 Å². The van der Waals surface area contributed by atoms with Gasteiger partial charge in [0.25, 0.3) is 0 Å². The van der Waals surface area contributed by atoms with Crippen LogP contribution in [0.3, 0.4) is 0 Å². The summed E-state index contributed by atoms with van der Waals surface area (Å²) in [6.45, 7) is 0.357. The first-order valence-electron chi connectivity index (χ1n) is 5.46. The van der Waals surface area contributed by atoms with Crippen molar-refractivity contribution in [3.05, 3.63) is 35.1 Å². The molecule has 0 atom stereocenters. The Balaban J connectivity index is 2.40. The van der Waals surface area contributed by atoms with Crippen molar-refractivity contribution in [1.82, 2.24) is 0 Å². The maximum Gasteiger partial charge on any atom is 0.416 e. The molecule has 0 amide bonds. The van der Waals surface area contributed by atoms with Crippen LogP contribution in [0, 0.1) is 5.82 Å². The first-order chi connectivity index (χ1) is 7.89. The van der Waals surface area contributed by atoms with Gasteiger partial charge in [-0.25, -0.2) is 4.39 Å². The Hall–Kier alpha value is -1.10. The van der Waals surface area contributed by atoms with E-state index in [1.165, 1.54) is 0 Å². The monoisotopic (exact) mass is 247 g/mol. The topological polar surface area (TPSA) is 26.0 Å². The average Bonchev–Trinajstić information content (AvgIpc) is 2.98. The van der Waals surface area contributed by atoms with E-state index in [9.17, 15) is 17.6 Å². The molecule has 5 heteroatoms. The van der Waals surface area contributed by atoms with Gasteiger partial charge in [-0.05, 0) is 55.0 Å². The van der Waals surface area contributed by atoms with Crippen molar-refractivity contribution in [2.24, 2.45) is 5.73 Å². The van der Waals surface area contributed by atoms with Gasteiger partial charge in [-0.2, -0.15) is 13.2 Å². The molecule has 1 aliphatic carbocycles. The van der Waals surface area contributed by atoms with Crippen LogP contribution in [0.4, 0.5) is 17.6 Å². The maximum absolute atomic E-state index is 13.6. The summed E-state index contributed by atoms with van der Waals surface area (Å²) in [4.78, 5) is 0. The molecule has 2 rings (SSSR count). The van der Waals surface area contributed by atoms with Crippen molar-refractivity contribution >= 4 is 0 Å². The van der Waals surface area contributed by atoms with Crippen LogP contribution < -0.4 is 5.73 Å². The molecule has 1 aromatic rings. The lowest BCUT2D eigenvalue weighted by Crippen LogP contribution is -2.16. The second-order valence-electron chi connectivity index (χ2n) is 4.51. The smallest absolute Gasteiger partial charge is 0.330 e. The molecule has 1 fully saturated rings. The SMILES string of the molecule is NCCC1(c2cc(C(F)(F)F)ccc2F)CC1. The maximum atomic E-state index is 13.6. The summed E-state index contributed by atoms with van der Waals surface area (Å²) in [6, 6.07) is 2.60. The Morgan fingerprint density at radius 2 is 1.88 bits per heavy atom. The van der Waals surface area contributed by atoms with Crippen molar-refractivity contribution < 1.29 is 17.6 Å². The predicted octanol–water partition coefficient (Wildman–Crippen LogP) is 3.22. The first-order valence-corrected chi connectivity index (χ1v) is 5.46. The Morgan fingerprint density at radius 3 is 2.35 bits per heavy atom. The van der Waals surface area contributed by atoms with Crippen molar-refractivity contribution in [2.75, 3.05) is 6.54 Å². The summed E-state index contributed by atoms with van der Waals surface area (Å²) in [5.74, 6) is -0.566. The second kappa shape index (κ2) is 3.98. The van der Waals surface area contributed by atoms with Crippen molar-refractivity contribution in [3.63, 3.8) is 0 Å². The normalized spacial score (nSPS) is 18.2. The summed E-state index contributed by atoms with van der Waals surface area (Å²) in [7, 11) is 0. The van der Waals surface area contributed by atoms with E-state index in [2.05, 4.69) is 0 Å².